The van der Waals surface area contributed by atoms with Crippen LogP contribution in [-0.4, -0.2) is 5.11 Å². The van der Waals surface area contributed by atoms with Gasteiger partial charge in [0.2, 0.25) is 0 Å². The van der Waals surface area contributed by atoms with Crippen molar-refractivity contribution in [3.05, 3.63) is 28.5 Å². The van der Waals surface area contributed by atoms with Gasteiger partial charge >= 0.3 is 0 Å². The zero-order valence-corrected chi connectivity index (χ0v) is 7.27. The Morgan fingerprint density at radius 2 is 2.17 bits per heavy atom. The second-order valence-corrected chi connectivity index (χ2v) is 3.02. The van der Waals surface area contributed by atoms with Crippen LogP contribution in [0, 0.1) is 5.82 Å². The topological polar surface area (TPSA) is 46.2 Å². The molecule has 0 fully saturated rings. The Hall–Kier alpha value is -0.800. The van der Waals surface area contributed by atoms with E-state index in [0.29, 0.717) is 0 Å². The average molecular weight is 190 g/mol. The quantitative estimate of drug-likeness (QED) is 0.712. The maximum absolute atomic E-state index is 13.0. The van der Waals surface area contributed by atoms with Gasteiger partial charge in [-0.2, -0.15) is 0 Å². The molecule has 0 radical (unpaired) electrons. The van der Waals surface area contributed by atoms with E-state index in [4.69, 9.17) is 22.4 Å². The number of benzene rings is 1. The summed E-state index contributed by atoms with van der Waals surface area (Å²) in [7, 11) is 0. The predicted octanol–water partition coefficient (Wildman–Crippen LogP) is 2.20. The molecule has 0 aliphatic carbocycles. The van der Waals surface area contributed by atoms with Crippen LogP contribution < -0.4 is 5.73 Å². The Balaban J connectivity index is 3.28. The Kier molecular flexibility index (Phi) is 2.55. The summed E-state index contributed by atoms with van der Waals surface area (Å²) in [4.78, 5) is 0. The lowest BCUT2D eigenvalue weighted by atomic mass is 10.1. The minimum atomic E-state index is -0.574. The molecule has 0 heterocycles. The first-order chi connectivity index (χ1) is 5.52. The number of aromatic hydroxyl groups is 1. The lowest BCUT2D eigenvalue weighted by molar-refractivity contribution is 0.467. The second-order valence-electron chi connectivity index (χ2n) is 2.61. The highest BCUT2D eigenvalue weighted by atomic mass is 35.5. The Bertz CT molecular complexity index is 278. The Morgan fingerprint density at radius 3 is 2.58 bits per heavy atom. The maximum Gasteiger partial charge on any atom is 0.133 e. The van der Waals surface area contributed by atoms with E-state index in [-0.39, 0.29) is 16.3 Å². The fraction of sp³-hybridized carbons (Fsp3) is 0.250. The highest BCUT2D eigenvalue weighted by Crippen LogP contribution is 2.28. The second kappa shape index (κ2) is 3.29. The summed E-state index contributed by atoms with van der Waals surface area (Å²) < 4.78 is 13.0. The van der Waals surface area contributed by atoms with E-state index in [1.807, 2.05) is 0 Å². The fourth-order valence-corrected chi connectivity index (χ4v) is 1.38. The molecule has 0 amide bonds. The van der Waals surface area contributed by atoms with Gasteiger partial charge in [0.1, 0.15) is 11.6 Å². The van der Waals surface area contributed by atoms with Crippen molar-refractivity contribution < 1.29 is 9.50 Å². The predicted molar refractivity (Wildman–Crippen MR) is 45.7 cm³/mol. The van der Waals surface area contributed by atoms with Crippen molar-refractivity contribution >= 4 is 11.6 Å². The highest BCUT2D eigenvalue weighted by molar-refractivity contribution is 6.31. The number of hydrogen-bond donors (Lipinski definition) is 2. The Labute approximate surface area is 74.8 Å². The van der Waals surface area contributed by atoms with E-state index >= 15 is 0 Å². The third-order valence-corrected chi connectivity index (χ3v) is 1.83. The van der Waals surface area contributed by atoms with Gasteiger partial charge in [-0.1, -0.05) is 11.6 Å². The molecule has 3 N–H and O–H groups in total. The summed E-state index contributed by atoms with van der Waals surface area (Å²) in [6, 6.07) is 1.78. The monoisotopic (exact) mass is 189 g/mol. The number of rotatable bonds is 1. The average Bonchev–Trinajstić information content (AvgIpc) is 1.82. The molecule has 4 heteroatoms. The molecule has 0 aliphatic rings. The van der Waals surface area contributed by atoms with Gasteiger partial charge in [-0.15, -0.1) is 0 Å². The summed E-state index contributed by atoms with van der Waals surface area (Å²) in [6.45, 7) is 1.63. The van der Waals surface area contributed by atoms with Crippen molar-refractivity contribution in [2.45, 2.75) is 13.0 Å². The van der Waals surface area contributed by atoms with Crippen LogP contribution in [0.25, 0.3) is 0 Å². The standard InChI is InChI=1S/C8H9ClFNO/c1-4(11)8-6(9)2-5(12)3-7(8)10/h2-4,12H,11H2,1H3. The summed E-state index contributed by atoms with van der Waals surface area (Å²) in [5.41, 5.74) is 5.69. The molecule has 1 unspecified atom stereocenters. The first-order valence-electron chi connectivity index (χ1n) is 3.46. The molecular weight excluding hydrogens is 181 g/mol. The first-order valence-corrected chi connectivity index (χ1v) is 3.83. The molecule has 0 saturated carbocycles. The Morgan fingerprint density at radius 1 is 1.58 bits per heavy atom. The van der Waals surface area contributed by atoms with Crippen molar-refractivity contribution in [1.82, 2.24) is 0 Å². The van der Waals surface area contributed by atoms with Crippen molar-refractivity contribution in [3.8, 4) is 5.75 Å². The van der Waals surface area contributed by atoms with E-state index in [9.17, 15) is 4.39 Å². The van der Waals surface area contributed by atoms with Crippen LogP contribution in [0.2, 0.25) is 5.02 Å². The molecular formula is C8H9ClFNO. The minimum absolute atomic E-state index is 0.155. The molecule has 0 saturated heterocycles. The molecule has 1 rings (SSSR count). The fourth-order valence-electron chi connectivity index (χ4n) is 1.01. The van der Waals surface area contributed by atoms with Crippen LogP contribution in [-0.2, 0) is 0 Å². The van der Waals surface area contributed by atoms with Crippen LogP contribution in [0.15, 0.2) is 12.1 Å². The van der Waals surface area contributed by atoms with Gasteiger partial charge in [-0.05, 0) is 13.0 Å². The largest absolute Gasteiger partial charge is 0.508 e. The number of nitrogens with two attached hydrogens (primary N) is 1. The molecule has 0 bridgehead atoms. The molecule has 1 atom stereocenters. The molecule has 1 aromatic rings. The smallest absolute Gasteiger partial charge is 0.133 e. The zero-order chi connectivity index (χ0) is 9.30. The van der Waals surface area contributed by atoms with Crippen molar-refractivity contribution in [3.63, 3.8) is 0 Å². The van der Waals surface area contributed by atoms with Gasteiger partial charge < -0.3 is 10.8 Å². The van der Waals surface area contributed by atoms with Crippen molar-refractivity contribution in [2.75, 3.05) is 0 Å². The molecule has 2 nitrogen and oxygen atoms in total. The van der Waals surface area contributed by atoms with Crippen LogP contribution >= 0.6 is 11.6 Å². The summed E-state index contributed by atoms with van der Waals surface area (Å²) in [5, 5.41) is 9.09. The minimum Gasteiger partial charge on any atom is -0.508 e. The number of hydrogen-bond acceptors (Lipinski definition) is 2. The van der Waals surface area contributed by atoms with Gasteiger partial charge in [0, 0.05) is 17.7 Å². The SMILES string of the molecule is CC(N)c1c(F)cc(O)cc1Cl. The van der Waals surface area contributed by atoms with Crippen molar-refractivity contribution in [2.24, 2.45) is 5.73 Å². The van der Waals surface area contributed by atoms with Gasteiger partial charge in [0.05, 0.1) is 5.02 Å². The number of phenolic OH excluding ortho intramolecular Hbond substituents is 1. The molecule has 0 aromatic heterocycles. The van der Waals surface area contributed by atoms with Crippen LogP contribution in [0.5, 0.6) is 5.75 Å². The normalized spacial score (nSPS) is 13.0. The van der Waals surface area contributed by atoms with Crippen LogP contribution in [0.3, 0.4) is 0 Å². The van der Waals surface area contributed by atoms with Gasteiger partial charge in [-0.25, -0.2) is 4.39 Å². The summed E-state index contributed by atoms with van der Waals surface area (Å²) in [5.74, 6) is -0.767. The van der Waals surface area contributed by atoms with E-state index in [1.54, 1.807) is 6.92 Å². The third kappa shape index (κ3) is 1.68. The van der Waals surface area contributed by atoms with Gasteiger partial charge in [-0.3, -0.25) is 0 Å². The third-order valence-electron chi connectivity index (χ3n) is 1.52. The van der Waals surface area contributed by atoms with Crippen LogP contribution in [0.1, 0.15) is 18.5 Å². The molecule has 1 aromatic carbocycles. The van der Waals surface area contributed by atoms with E-state index in [2.05, 4.69) is 0 Å². The molecule has 12 heavy (non-hydrogen) atoms. The lowest BCUT2D eigenvalue weighted by Gasteiger charge is -2.09. The number of halogens is 2. The number of phenols is 1. The summed E-state index contributed by atoms with van der Waals surface area (Å²) in [6.07, 6.45) is 0. The maximum atomic E-state index is 13.0. The van der Waals surface area contributed by atoms with E-state index in [1.165, 1.54) is 6.07 Å². The zero-order valence-electron chi connectivity index (χ0n) is 6.51. The molecule has 0 aliphatic heterocycles. The van der Waals surface area contributed by atoms with Crippen LogP contribution in [0.4, 0.5) is 4.39 Å². The highest BCUT2D eigenvalue weighted by Gasteiger charge is 2.12. The van der Waals surface area contributed by atoms with Gasteiger partial charge in [0.15, 0.2) is 0 Å². The van der Waals surface area contributed by atoms with Gasteiger partial charge in [0.25, 0.3) is 0 Å². The van der Waals surface area contributed by atoms with Crippen molar-refractivity contribution in [1.29, 1.82) is 0 Å². The first kappa shape index (κ1) is 9.29. The lowest BCUT2D eigenvalue weighted by Crippen LogP contribution is -2.08. The van der Waals surface area contributed by atoms with E-state index in [0.717, 1.165) is 6.07 Å². The molecule has 66 valence electrons. The summed E-state index contributed by atoms with van der Waals surface area (Å²) >= 11 is 5.65. The molecule has 0 spiro atoms. The van der Waals surface area contributed by atoms with E-state index < -0.39 is 11.9 Å².